The topological polar surface area (TPSA) is 105 Å². The molecule has 0 unspecified atom stereocenters. The molecule has 1 atom stereocenters. The second-order valence-electron chi connectivity index (χ2n) is 10.8. The summed E-state index contributed by atoms with van der Waals surface area (Å²) in [6.45, 7) is 2.61. The average Bonchev–Trinajstić information content (AvgIpc) is 3.08. The average molecular weight is 707 g/mol. The van der Waals surface area contributed by atoms with Crippen LogP contribution in [-0.2, 0) is 32.6 Å². The molecule has 0 saturated heterocycles. The van der Waals surface area contributed by atoms with Crippen LogP contribution in [-0.4, -0.2) is 57.5 Å². The highest BCUT2D eigenvalue weighted by atomic mass is 79.9. The van der Waals surface area contributed by atoms with E-state index in [-0.39, 0.29) is 29.5 Å². The first-order valence-corrected chi connectivity index (χ1v) is 17.3. The van der Waals surface area contributed by atoms with Crippen molar-refractivity contribution in [2.24, 2.45) is 0 Å². The van der Waals surface area contributed by atoms with E-state index in [0.29, 0.717) is 31.3 Å². The third-order valence-corrected chi connectivity index (χ3v) is 9.77. The number of benzene rings is 4. The molecule has 9 nitrogen and oxygen atoms in total. The molecule has 0 bridgehead atoms. The van der Waals surface area contributed by atoms with Crippen LogP contribution in [0, 0.1) is 0 Å². The highest BCUT2D eigenvalue weighted by molar-refractivity contribution is 9.10. The molecule has 0 fully saturated rings. The van der Waals surface area contributed by atoms with Crippen LogP contribution in [0.4, 0.5) is 5.69 Å². The van der Waals surface area contributed by atoms with Gasteiger partial charge in [0.05, 0.1) is 10.6 Å². The normalized spacial score (nSPS) is 13.0. The molecular weight excluding hydrogens is 670 g/mol. The summed E-state index contributed by atoms with van der Waals surface area (Å²) in [6.07, 6.45) is 0.960. The Bertz CT molecular complexity index is 1750. The number of amides is 2. The van der Waals surface area contributed by atoms with Gasteiger partial charge in [0.1, 0.15) is 25.8 Å². The van der Waals surface area contributed by atoms with E-state index in [1.165, 1.54) is 17.0 Å². The molecule has 1 aliphatic rings. The highest BCUT2D eigenvalue weighted by Crippen LogP contribution is 2.36. The Kier molecular flexibility index (Phi) is 11.0. The van der Waals surface area contributed by atoms with E-state index in [9.17, 15) is 18.0 Å². The fourth-order valence-corrected chi connectivity index (χ4v) is 7.06. The lowest BCUT2D eigenvalue weighted by Gasteiger charge is -2.34. The largest absolute Gasteiger partial charge is 0.486 e. The van der Waals surface area contributed by atoms with Gasteiger partial charge in [-0.15, -0.1) is 0 Å². The first-order valence-electron chi connectivity index (χ1n) is 15.1. The number of halogens is 1. The van der Waals surface area contributed by atoms with Crippen LogP contribution >= 0.6 is 15.9 Å². The van der Waals surface area contributed by atoms with Gasteiger partial charge in [0.25, 0.3) is 10.0 Å². The van der Waals surface area contributed by atoms with Crippen LogP contribution in [0.25, 0.3) is 0 Å². The van der Waals surface area contributed by atoms with Crippen molar-refractivity contribution in [3.63, 3.8) is 0 Å². The van der Waals surface area contributed by atoms with E-state index in [4.69, 9.17) is 9.47 Å². The van der Waals surface area contributed by atoms with Gasteiger partial charge in [-0.05, 0) is 53.9 Å². The predicted molar refractivity (Wildman–Crippen MR) is 180 cm³/mol. The van der Waals surface area contributed by atoms with Crippen molar-refractivity contribution in [3.8, 4) is 11.5 Å². The number of rotatable bonds is 13. The van der Waals surface area contributed by atoms with Gasteiger partial charge in [-0.1, -0.05) is 83.5 Å². The van der Waals surface area contributed by atoms with Crippen LogP contribution in [0.15, 0.2) is 112 Å². The Morgan fingerprint density at radius 2 is 1.52 bits per heavy atom. The summed E-state index contributed by atoms with van der Waals surface area (Å²) < 4.78 is 41.7. The summed E-state index contributed by atoms with van der Waals surface area (Å²) >= 11 is 3.50. The first kappa shape index (κ1) is 33.0. The zero-order chi connectivity index (χ0) is 32.5. The van der Waals surface area contributed by atoms with Crippen LogP contribution in [0.3, 0.4) is 0 Å². The molecule has 0 aliphatic carbocycles. The maximum atomic E-state index is 14.6. The minimum absolute atomic E-state index is 0.0257. The second kappa shape index (κ2) is 15.3. The summed E-state index contributed by atoms with van der Waals surface area (Å²) in [5.74, 6) is 0.0225. The number of carbonyl (C=O) groups is 2. The molecule has 1 aliphatic heterocycles. The van der Waals surface area contributed by atoms with Gasteiger partial charge >= 0.3 is 0 Å². The summed E-state index contributed by atoms with van der Waals surface area (Å²) in [5, 5.41) is 2.96. The molecule has 4 aromatic carbocycles. The number of hydrogen-bond acceptors (Lipinski definition) is 6. The minimum atomic E-state index is -4.23. The predicted octanol–water partition coefficient (Wildman–Crippen LogP) is 5.58. The molecule has 4 aromatic rings. The monoisotopic (exact) mass is 705 g/mol. The standard InChI is InChI=1S/C35H36BrN3O6S/c1-2-18-37-35(41)31(22-26-10-5-3-6-11-26)38(24-27-12-9-13-28(36)21-27)34(40)25-39(46(42,43)30-14-7-4-8-15-30)29-16-17-32-33(23-29)45-20-19-44-32/h3-17,21,23,31H,2,18-20,22,24-25H2,1H3,(H,37,41)/t31-/m0/s1. The number of nitrogens with zero attached hydrogens (tertiary/aromatic N) is 2. The second-order valence-corrected chi connectivity index (χ2v) is 13.6. The van der Waals surface area contributed by atoms with Crippen molar-refractivity contribution in [2.45, 2.75) is 37.2 Å². The molecule has 1 N–H and O–H groups in total. The van der Waals surface area contributed by atoms with Gasteiger partial charge in [-0.3, -0.25) is 13.9 Å². The van der Waals surface area contributed by atoms with Crippen molar-refractivity contribution in [3.05, 3.63) is 119 Å². The van der Waals surface area contributed by atoms with Gasteiger partial charge in [0, 0.05) is 30.0 Å². The van der Waals surface area contributed by atoms with Gasteiger partial charge in [0.2, 0.25) is 11.8 Å². The summed E-state index contributed by atoms with van der Waals surface area (Å²) in [6, 6.07) is 28.8. The van der Waals surface area contributed by atoms with Crippen LogP contribution < -0.4 is 19.1 Å². The SMILES string of the molecule is CCCNC(=O)[C@H](Cc1ccccc1)N(Cc1cccc(Br)c1)C(=O)CN(c1ccc2c(c1)OCCO2)S(=O)(=O)c1ccccc1. The molecule has 0 aromatic heterocycles. The summed E-state index contributed by atoms with van der Waals surface area (Å²) in [7, 11) is -4.23. The van der Waals surface area contributed by atoms with E-state index in [2.05, 4.69) is 21.2 Å². The Morgan fingerprint density at radius 3 is 2.22 bits per heavy atom. The van der Waals surface area contributed by atoms with Crippen molar-refractivity contribution in [1.82, 2.24) is 10.2 Å². The maximum absolute atomic E-state index is 14.6. The van der Waals surface area contributed by atoms with Crippen molar-refractivity contribution >= 4 is 43.5 Å². The lowest BCUT2D eigenvalue weighted by molar-refractivity contribution is -0.140. The minimum Gasteiger partial charge on any atom is -0.486 e. The fraction of sp³-hybridized carbons (Fsp3) is 0.257. The number of carbonyl (C=O) groups excluding carboxylic acids is 2. The molecule has 5 rings (SSSR count). The van der Waals surface area contributed by atoms with Gasteiger partial charge in [-0.2, -0.15) is 0 Å². The first-order chi connectivity index (χ1) is 22.3. The smallest absolute Gasteiger partial charge is 0.264 e. The van der Waals surface area contributed by atoms with E-state index in [0.717, 1.165) is 26.3 Å². The molecule has 0 saturated carbocycles. The van der Waals surface area contributed by atoms with Gasteiger partial charge in [-0.25, -0.2) is 8.42 Å². The molecule has 240 valence electrons. The lowest BCUT2D eigenvalue weighted by atomic mass is 10.0. The number of anilines is 1. The van der Waals surface area contributed by atoms with Crippen molar-refractivity contribution < 1.29 is 27.5 Å². The molecule has 11 heteroatoms. The molecule has 2 amide bonds. The summed E-state index contributed by atoms with van der Waals surface area (Å²) in [4.78, 5) is 29.8. The number of nitrogens with one attached hydrogen (secondary N) is 1. The van der Waals surface area contributed by atoms with Gasteiger partial charge in [0.15, 0.2) is 11.5 Å². The maximum Gasteiger partial charge on any atom is 0.264 e. The van der Waals surface area contributed by atoms with Crippen LogP contribution in [0.1, 0.15) is 24.5 Å². The Hall–Kier alpha value is -4.35. The zero-order valence-electron chi connectivity index (χ0n) is 25.5. The molecule has 1 heterocycles. The number of hydrogen-bond donors (Lipinski definition) is 1. The van der Waals surface area contributed by atoms with E-state index in [1.807, 2.05) is 61.5 Å². The third-order valence-electron chi connectivity index (χ3n) is 7.49. The molecular formula is C35H36BrN3O6S. The quantitative estimate of drug-likeness (QED) is 0.195. The van der Waals surface area contributed by atoms with E-state index in [1.54, 1.807) is 36.4 Å². The Labute approximate surface area is 278 Å². The van der Waals surface area contributed by atoms with E-state index >= 15 is 0 Å². The molecule has 46 heavy (non-hydrogen) atoms. The van der Waals surface area contributed by atoms with Crippen molar-refractivity contribution in [1.29, 1.82) is 0 Å². The van der Waals surface area contributed by atoms with Crippen molar-refractivity contribution in [2.75, 3.05) is 30.6 Å². The molecule has 0 spiro atoms. The van der Waals surface area contributed by atoms with E-state index < -0.39 is 28.5 Å². The third kappa shape index (κ3) is 8.07. The van der Waals surface area contributed by atoms with Crippen LogP contribution in [0.2, 0.25) is 0 Å². The fourth-order valence-electron chi connectivity index (χ4n) is 5.19. The van der Waals surface area contributed by atoms with Gasteiger partial charge < -0.3 is 19.7 Å². The van der Waals surface area contributed by atoms with Crippen LogP contribution in [0.5, 0.6) is 11.5 Å². The Morgan fingerprint density at radius 1 is 0.848 bits per heavy atom. The molecule has 0 radical (unpaired) electrons. The Balaban J connectivity index is 1.58. The number of ether oxygens (including phenoxy) is 2. The lowest BCUT2D eigenvalue weighted by Crippen LogP contribution is -2.53. The summed E-state index contributed by atoms with van der Waals surface area (Å²) in [5.41, 5.74) is 1.88. The number of fused-ring (bicyclic) bond motifs is 1. The number of sulfonamides is 1. The highest BCUT2D eigenvalue weighted by Gasteiger charge is 2.35. The zero-order valence-corrected chi connectivity index (χ0v) is 27.9.